The van der Waals surface area contributed by atoms with E-state index in [1.165, 1.54) is 11.3 Å². The average molecular weight is 389 g/mol. The molecule has 0 bridgehead atoms. The van der Waals surface area contributed by atoms with Crippen LogP contribution in [0.3, 0.4) is 0 Å². The lowest BCUT2D eigenvalue weighted by molar-refractivity contribution is 0.0577. The number of thiazole rings is 2. The van der Waals surface area contributed by atoms with Crippen molar-refractivity contribution in [3.05, 3.63) is 40.1 Å². The lowest BCUT2D eigenvalue weighted by Crippen LogP contribution is -2.49. The van der Waals surface area contributed by atoms with Gasteiger partial charge in [-0.2, -0.15) is 5.10 Å². The normalized spacial score (nSPS) is 16.8. The van der Waals surface area contributed by atoms with Crippen LogP contribution < -0.4 is 0 Å². The number of rotatable bonds is 4. The Hall–Kier alpha value is -2.10. The van der Waals surface area contributed by atoms with Gasteiger partial charge >= 0.3 is 0 Å². The number of aromatic nitrogens is 4. The van der Waals surface area contributed by atoms with Crippen LogP contribution in [-0.4, -0.2) is 61.6 Å². The van der Waals surface area contributed by atoms with Gasteiger partial charge in [0.1, 0.15) is 15.7 Å². The molecule has 26 heavy (non-hydrogen) atoms. The van der Waals surface area contributed by atoms with Crippen molar-refractivity contribution in [3.63, 3.8) is 0 Å². The molecule has 3 aromatic heterocycles. The molecule has 0 N–H and O–H groups in total. The van der Waals surface area contributed by atoms with Gasteiger partial charge in [0.15, 0.2) is 0 Å². The summed E-state index contributed by atoms with van der Waals surface area (Å²) in [5.74, 6) is 0.0120. The highest BCUT2D eigenvalue weighted by molar-refractivity contribution is 7.13. The lowest BCUT2D eigenvalue weighted by Gasteiger charge is -2.37. The van der Waals surface area contributed by atoms with Crippen LogP contribution in [0.15, 0.2) is 29.4 Å². The van der Waals surface area contributed by atoms with E-state index in [-0.39, 0.29) is 5.91 Å². The number of hydrogen-bond donors (Lipinski definition) is 0. The van der Waals surface area contributed by atoms with Gasteiger partial charge in [-0.05, 0) is 6.92 Å². The van der Waals surface area contributed by atoms with E-state index in [1.54, 1.807) is 22.2 Å². The van der Waals surface area contributed by atoms with Crippen LogP contribution in [-0.2, 0) is 7.05 Å². The van der Waals surface area contributed by atoms with E-state index in [2.05, 4.69) is 26.9 Å². The molecule has 1 unspecified atom stereocenters. The number of aryl methyl sites for hydroxylation is 1. The number of nitrogens with zero attached hydrogens (tertiary/aromatic N) is 6. The van der Waals surface area contributed by atoms with Crippen LogP contribution in [0.4, 0.5) is 0 Å². The van der Waals surface area contributed by atoms with Gasteiger partial charge in [0, 0.05) is 61.9 Å². The van der Waals surface area contributed by atoms with E-state index >= 15 is 0 Å². The molecule has 0 radical (unpaired) electrons. The molecule has 1 aliphatic heterocycles. The summed E-state index contributed by atoms with van der Waals surface area (Å²) in [7, 11) is 1.87. The molecule has 0 aliphatic carbocycles. The first-order chi connectivity index (χ1) is 12.6. The van der Waals surface area contributed by atoms with E-state index in [9.17, 15) is 4.79 Å². The first-order valence-electron chi connectivity index (χ1n) is 8.49. The molecule has 1 saturated heterocycles. The number of amides is 1. The minimum absolute atomic E-state index is 0.0120. The van der Waals surface area contributed by atoms with Gasteiger partial charge < -0.3 is 4.90 Å². The molecule has 136 valence electrons. The van der Waals surface area contributed by atoms with Crippen LogP contribution >= 0.6 is 22.7 Å². The monoisotopic (exact) mass is 388 g/mol. The standard InChI is InChI=1S/C17H20N6OS2/c1-12(15-18-3-8-25-15)22-4-6-23(7-5-22)17(24)14-11-26-16(20-14)13-9-19-21(2)10-13/h3,8-12H,4-7H2,1-2H3. The maximum absolute atomic E-state index is 12.8. The summed E-state index contributed by atoms with van der Waals surface area (Å²) in [4.78, 5) is 26.0. The Kier molecular flexibility index (Phi) is 4.84. The molecule has 1 fully saturated rings. The highest BCUT2D eigenvalue weighted by Crippen LogP contribution is 2.25. The molecular formula is C17H20N6OS2. The zero-order valence-electron chi connectivity index (χ0n) is 14.7. The topological polar surface area (TPSA) is 67.2 Å². The Bertz CT molecular complexity index is 879. The van der Waals surface area contributed by atoms with Crippen molar-refractivity contribution in [2.24, 2.45) is 7.05 Å². The number of piperazine rings is 1. The smallest absolute Gasteiger partial charge is 0.273 e. The maximum Gasteiger partial charge on any atom is 0.273 e. The third kappa shape index (κ3) is 3.42. The summed E-state index contributed by atoms with van der Waals surface area (Å²) in [5, 5.41) is 9.97. The number of hydrogen-bond acceptors (Lipinski definition) is 7. The second-order valence-corrected chi connectivity index (χ2v) is 8.10. The summed E-state index contributed by atoms with van der Waals surface area (Å²) >= 11 is 3.17. The van der Waals surface area contributed by atoms with Crippen LogP contribution in [0.5, 0.6) is 0 Å². The van der Waals surface area contributed by atoms with Gasteiger partial charge in [-0.1, -0.05) is 0 Å². The molecule has 3 aromatic rings. The number of carbonyl (C=O) groups excluding carboxylic acids is 1. The van der Waals surface area contributed by atoms with Crippen molar-refractivity contribution < 1.29 is 4.79 Å². The second-order valence-electron chi connectivity index (χ2n) is 6.32. The molecule has 1 amide bonds. The lowest BCUT2D eigenvalue weighted by atomic mass is 10.2. The Morgan fingerprint density at radius 1 is 1.23 bits per heavy atom. The summed E-state index contributed by atoms with van der Waals surface area (Å²) in [5.41, 5.74) is 1.47. The summed E-state index contributed by atoms with van der Waals surface area (Å²) < 4.78 is 1.74. The van der Waals surface area contributed by atoms with Crippen molar-refractivity contribution in [3.8, 4) is 10.6 Å². The summed E-state index contributed by atoms with van der Waals surface area (Å²) in [6.45, 7) is 5.32. The fraction of sp³-hybridized carbons (Fsp3) is 0.412. The fourth-order valence-electron chi connectivity index (χ4n) is 3.11. The van der Waals surface area contributed by atoms with Crippen LogP contribution in [0, 0.1) is 0 Å². The summed E-state index contributed by atoms with van der Waals surface area (Å²) in [6, 6.07) is 0.295. The van der Waals surface area contributed by atoms with E-state index in [0.29, 0.717) is 24.8 Å². The molecule has 7 nitrogen and oxygen atoms in total. The SMILES string of the molecule is CC(c1nccs1)N1CCN(C(=O)c2csc(-c3cnn(C)c3)n2)CC1. The van der Waals surface area contributed by atoms with E-state index in [0.717, 1.165) is 28.7 Å². The molecule has 9 heteroatoms. The van der Waals surface area contributed by atoms with Gasteiger partial charge in [0.2, 0.25) is 0 Å². The number of carbonyl (C=O) groups is 1. The fourth-order valence-corrected chi connectivity index (χ4v) is 4.61. The molecule has 0 aromatic carbocycles. The first kappa shape index (κ1) is 17.3. The van der Waals surface area contributed by atoms with Crippen molar-refractivity contribution in [2.45, 2.75) is 13.0 Å². The second kappa shape index (κ2) is 7.26. The molecule has 1 aliphatic rings. The third-order valence-corrected chi connectivity index (χ3v) is 6.47. The first-order valence-corrected chi connectivity index (χ1v) is 10.2. The maximum atomic E-state index is 12.8. The molecule has 1 atom stereocenters. The van der Waals surface area contributed by atoms with Gasteiger partial charge in [-0.15, -0.1) is 22.7 Å². The molecule has 0 saturated carbocycles. The van der Waals surface area contributed by atoms with Gasteiger partial charge in [-0.25, -0.2) is 9.97 Å². The van der Waals surface area contributed by atoms with Crippen molar-refractivity contribution in [2.75, 3.05) is 26.2 Å². The van der Waals surface area contributed by atoms with Crippen molar-refractivity contribution >= 4 is 28.6 Å². The minimum Gasteiger partial charge on any atom is -0.335 e. The Balaban J connectivity index is 1.39. The van der Waals surface area contributed by atoms with E-state index in [4.69, 9.17) is 0 Å². The largest absolute Gasteiger partial charge is 0.335 e. The van der Waals surface area contributed by atoms with Crippen LogP contribution in [0.1, 0.15) is 28.5 Å². The van der Waals surface area contributed by atoms with Crippen molar-refractivity contribution in [1.82, 2.24) is 29.5 Å². The third-order valence-electron chi connectivity index (χ3n) is 4.63. The zero-order chi connectivity index (χ0) is 18.1. The van der Waals surface area contributed by atoms with Crippen LogP contribution in [0.25, 0.3) is 10.6 Å². The molecule has 0 spiro atoms. The van der Waals surface area contributed by atoms with Crippen molar-refractivity contribution in [1.29, 1.82) is 0 Å². The minimum atomic E-state index is 0.0120. The van der Waals surface area contributed by atoms with Gasteiger partial charge in [0.05, 0.1) is 12.2 Å². The average Bonchev–Trinajstić information content (AvgIpc) is 3.41. The van der Waals surface area contributed by atoms with Gasteiger partial charge in [0.25, 0.3) is 5.91 Å². The highest BCUT2D eigenvalue weighted by atomic mass is 32.1. The zero-order valence-corrected chi connectivity index (χ0v) is 16.3. The quantitative estimate of drug-likeness (QED) is 0.687. The molecule has 4 rings (SSSR count). The predicted molar refractivity (Wildman–Crippen MR) is 102 cm³/mol. The predicted octanol–water partition coefficient (Wildman–Crippen LogP) is 2.52. The molecule has 4 heterocycles. The van der Waals surface area contributed by atoms with Gasteiger partial charge in [-0.3, -0.25) is 14.4 Å². The molecular weight excluding hydrogens is 368 g/mol. The highest BCUT2D eigenvalue weighted by Gasteiger charge is 2.27. The Morgan fingerprint density at radius 3 is 2.69 bits per heavy atom. The summed E-state index contributed by atoms with van der Waals surface area (Å²) in [6.07, 6.45) is 5.52. The Morgan fingerprint density at radius 2 is 2.04 bits per heavy atom. The Labute approximate surface area is 159 Å². The van der Waals surface area contributed by atoms with E-state index in [1.807, 2.05) is 35.1 Å². The van der Waals surface area contributed by atoms with E-state index < -0.39 is 0 Å². The van der Waals surface area contributed by atoms with Crippen LogP contribution in [0.2, 0.25) is 0 Å².